The Morgan fingerprint density at radius 1 is 1.00 bits per heavy atom. The van der Waals surface area contributed by atoms with Crippen LogP contribution in [0, 0.1) is 25.7 Å². The topological polar surface area (TPSA) is 54.5 Å². The number of aryl methyl sites for hydroxylation is 2. The van der Waals surface area contributed by atoms with E-state index in [0.717, 1.165) is 23.1 Å². The van der Waals surface area contributed by atoms with Crippen molar-refractivity contribution < 1.29 is 13.2 Å². The van der Waals surface area contributed by atoms with Crippen LogP contribution in [0.15, 0.2) is 66.1 Å². The Morgan fingerprint density at radius 2 is 1.53 bits per heavy atom. The van der Waals surface area contributed by atoms with Crippen LogP contribution in [0.25, 0.3) is 0 Å². The number of hydrogen-bond donors (Lipinski definition) is 0. The lowest BCUT2D eigenvalue weighted by Crippen LogP contribution is -2.36. The van der Waals surface area contributed by atoms with Gasteiger partial charge in [0, 0.05) is 18.5 Å². The van der Waals surface area contributed by atoms with Crippen LogP contribution in [0.1, 0.15) is 37.0 Å². The molecule has 1 aliphatic rings. The number of amides is 1. The van der Waals surface area contributed by atoms with Gasteiger partial charge in [-0.3, -0.25) is 4.79 Å². The van der Waals surface area contributed by atoms with E-state index in [1.807, 2.05) is 38.1 Å². The summed E-state index contributed by atoms with van der Waals surface area (Å²) in [5, 5.41) is -1.13. The normalized spacial score (nSPS) is 22.0. The summed E-state index contributed by atoms with van der Waals surface area (Å²) in [6.07, 6.45) is 2.39. The van der Waals surface area contributed by atoms with Crippen molar-refractivity contribution in [3.05, 3.63) is 77.9 Å². The van der Waals surface area contributed by atoms with Gasteiger partial charge < -0.3 is 4.90 Å². The highest BCUT2D eigenvalue weighted by Gasteiger charge is 2.53. The van der Waals surface area contributed by atoms with Gasteiger partial charge in [0.15, 0.2) is 15.1 Å². The zero-order valence-electron chi connectivity index (χ0n) is 18.2. The van der Waals surface area contributed by atoms with Gasteiger partial charge in [-0.1, -0.05) is 67.4 Å². The molecule has 1 saturated heterocycles. The van der Waals surface area contributed by atoms with E-state index in [1.165, 1.54) is 0 Å². The van der Waals surface area contributed by atoms with Gasteiger partial charge >= 0.3 is 0 Å². The van der Waals surface area contributed by atoms with Gasteiger partial charge in [0.25, 0.3) is 0 Å². The van der Waals surface area contributed by atoms with Crippen LogP contribution < -0.4 is 0 Å². The van der Waals surface area contributed by atoms with Crippen molar-refractivity contribution in [2.45, 2.75) is 56.8 Å². The Kier molecular flexibility index (Phi) is 6.51. The molecule has 1 amide bonds. The highest BCUT2D eigenvalue weighted by Crippen LogP contribution is 2.38. The predicted octanol–water partition coefficient (Wildman–Crippen LogP) is 4.71. The summed E-state index contributed by atoms with van der Waals surface area (Å²) in [7, 11) is -3.83. The minimum absolute atomic E-state index is 0.193. The van der Waals surface area contributed by atoms with Crippen LogP contribution in [0.2, 0.25) is 0 Å². The summed E-state index contributed by atoms with van der Waals surface area (Å²) in [5.74, 6) is -0.449. The van der Waals surface area contributed by atoms with Crippen molar-refractivity contribution >= 4 is 15.7 Å². The molecule has 0 bridgehead atoms. The second-order valence-corrected chi connectivity index (χ2v) is 10.8. The highest BCUT2D eigenvalue weighted by molar-refractivity contribution is 7.92. The van der Waals surface area contributed by atoms with Crippen LogP contribution in [-0.4, -0.2) is 30.5 Å². The van der Waals surface area contributed by atoms with Crippen molar-refractivity contribution in [2.24, 2.45) is 11.8 Å². The minimum atomic E-state index is -3.83. The average Bonchev–Trinajstić information content (AvgIpc) is 2.95. The van der Waals surface area contributed by atoms with Crippen molar-refractivity contribution in [1.29, 1.82) is 0 Å². The lowest BCUT2D eigenvalue weighted by atomic mass is 9.92. The summed E-state index contributed by atoms with van der Waals surface area (Å²) >= 11 is 0. The summed E-state index contributed by atoms with van der Waals surface area (Å²) in [4.78, 5) is 15.5. The van der Waals surface area contributed by atoms with Crippen LogP contribution in [-0.2, 0) is 21.2 Å². The average molecular weight is 426 g/mol. The van der Waals surface area contributed by atoms with E-state index in [4.69, 9.17) is 0 Å². The Morgan fingerprint density at radius 3 is 2.03 bits per heavy atom. The van der Waals surface area contributed by atoms with Gasteiger partial charge in [0.2, 0.25) is 5.91 Å². The molecule has 0 saturated carbocycles. The fourth-order valence-corrected chi connectivity index (χ4v) is 6.16. The van der Waals surface area contributed by atoms with Crippen LogP contribution in [0.5, 0.6) is 0 Å². The molecule has 5 heteroatoms. The predicted molar refractivity (Wildman–Crippen MR) is 121 cm³/mol. The van der Waals surface area contributed by atoms with Crippen LogP contribution in [0.4, 0.5) is 0 Å². The third-order valence-corrected chi connectivity index (χ3v) is 7.98. The summed E-state index contributed by atoms with van der Waals surface area (Å²) < 4.78 is 27.0. The number of likely N-dealkylation sites (tertiary alicyclic amines) is 1. The van der Waals surface area contributed by atoms with Gasteiger partial charge in [-0.2, -0.15) is 0 Å². The molecule has 2 aromatic rings. The van der Waals surface area contributed by atoms with E-state index in [2.05, 4.69) is 20.4 Å². The first-order valence-electron chi connectivity index (χ1n) is 10.4. The second-order valence-electron chi connectivity index (χ2n) is 8.74. The molecule has 1 aliphatic heterocycles. The zero-order chi connectivity index (χ0) is 22.1. The van der Waals surface area contributed by atoms with Gasteiger partial charge in [0.05, 0.1) is 4.90 Å². The maximum Gasteiger partial charge on any atom is 0.242 e. The van der Waals surface area contributed by atoms with E-state index in [-0.39, 0.29) is 16.8 Å². The molecule has 3 atom stereocenters. The molecule has 0 radical (unpaired) electrons. The molecule has 0 aromatic heterocycles. The number of sulfone groups is 1. The highest BCUT2D eigenvalue weighted by atomic mass is 32.2. The lowest BCUT2D eigenvalue weighted by Gasteiger charge is -2.28. The third kappa shape index (κ3) is 4.36. The monoisotopic (exact) mass is 425 g/mol. The Balaban J connectivity index is 2.02. The second kappa shape index (κ2) is 8.76. The summed E-state index contributed by atoms with van der Waals surface area (Å²) in [5.41, 5.74) is 3.12. The van der Waals surface area contributed by atoms with E-state index in [0.29, 0.717) is 12.5 Å². The van der Waals surface area contributed by atoms with Crippen molar-refractivity contribution in [3.63, 3.8) is 0 Å². The number of carbonyl (C=O) groups is 1. The molecule has 1 fully saturated rings. The largest absolute Gasteiger partial charge is 0.334 e. The standard InChI is InChI=1S/C25H31NO3S/c1-6-22-23(15-17(2)3)26(16-20-11-7-18(4)8-12-20)25(27)24(22)30(28,29)21-13-9-19(5)10-14-21/h6-14,17,22-24H,1,15-16H2,2-5H3/t22-,23+,24+/m1/s1. The van der Waals surface area contributed by atoms with Crippen molar-refractivity contribution in [2.75, 3.05) is 0 Å². The van der Waals surface area contributed by atoms with Gasteiger partial charge in [-0.25, -0.2) is 8.42 Å². The quantitative estimate of drug-likeness (QED) is 0.604. The van der Waals surface area contributed by atoms with E-state index in [9.17, 15) is 13.2 Å². The number of rotatable bonds is 7. The fourth-order valence-electron chi connectivity index (χ4n) is 4.25. The molecule has 30 heavy (non-hydrogen) atoms. The van der Waals surface area contributed by atoms with Gasteiger partial charge in [-0.05, 0) is 43.9 Å². The number of benzene rings is 2. The Labute approximate surface area is 180 Å². The van der Waals surface area contributed by atoms with E-state index in [1.54, 1.807) is 35.2 Å². The van der Waals surface area contributed by atoms with Crippen LogP contribution in [0.3, 0.4) is 0 Å². The molecule has 160 valence electrons. The van der Waals surface area contributed by atoms with Crippen molar-refractivity contribution in [1.82, 2.24) is 4.90 Å². The van der Waals surface area contributed by atoms with Gasteiger partial charge in [-0.15, -0.1) is 6.58 Å². The fraction of sp³-hybridized carbons (Fsp3) is 0.400. The first kappa shape index (κ1) is 22.3. The lowest BCUT2D eigenvalue weighted by molar-refractivity contribution is -0.129. The van der Waals surface area contributed by atoms with Gasteiger partial charge in [0.1, 0.15) is 0 Å². The molecule has 0 N–H and O–H groups in total. The number of carbonyl (C=O) groups excluding carboxylic acids is 1. The molecular formula is C25H31NO3S. The Hall–Kier alpha value is -2.40. The first-order valence-corrected chi connectivity index (χ1v) is 12.0. The molecular weight excluding hydrogens is 394 g/mol. The summed E-state index contributed by atoms with van der Waals surface area (Å²) in [6.45, 7) is 12.4. The van der Waals surface area contributed by atoms with Crippen molar-refractivity contribution in [3.8, 4) is 0 Å². The number of nitrogens with zero attached hydrogens (tertiary/aromatic N) is 1. The number of hydrogen-bond acceptors (Lipinski definition) is 3. The van der Waals surface area contributed by atoms with E-state index < -0.39 is 21.0 Å². The molecule has 0 unspecified atom stereocenters. The van der Waals surface area contributed by atoms with Crippen LogP contribution >= 0.6 is 0 Å². The zero-order valence-corrected chi connectivity index (χ0v) is 19.0. The minimum Gasteiger partial charge on any atom is -0.334 e. The Bertz CT molecular complexity index is 1010. The maximum absolute atomic E-state index is 13.5. The smallest absolute Gasteiger partial charge is 0.242 e. The molecule has 2 aromatic carbocycles. The first-order chi connectivity index (χ1) is 14.1. The molecule has 1 heterocycles. The maximum atomic E-state index is 13.5. The van der Waals surface area contributed by atoms with E-state index >= 15 is 0 Å². The molecule has 3 rings (SSSR count). The molecule has 0 aliphatic carbocycles. The molecule has 4 nitrogen and oxygen atoms in total. The summed E-state index contributed by atoms with van der Waals surface area (Å²) in [6, 6.07) is 14.6. The SMILES string of the molecule is C=C[C@H]1[C@H](S(=O)(=O)c2ccc(C)cc2)C(=O)N(Cc2ccc(C)cc2)[C@H]1CC(C)C. The third-order valence-electron chi connectivity index (χ3n) is 5.86. The molecule has 0 spiro atoms.